The van der Waals surface area contributed by atoms with Crippen molar-refractivity contribution < 1.29 is 14.5 Å². The minimum Gasteiger partial charge on any atom is -0.327 e. The smallest absolute Gasteiger partial charge is 0.279 e. The number of anilines is 2. The summed E-state index contributed by atoms with van der Waals surface area (Å²) in [6, 6.07) is 7.17. The molecule has 5 nitrogen and oxygen atoms in total. The highest BCUT2D eigenvalue weighted by Crippen LogP contribution is 2.13. The normalized spacial score (nSPS) is 21.6. The zero-order valence-electron chi connectivity index (χ0n) is 12.7. The fraction of sp³-hybridized carbons (Fsp3) is 0.500. The summed E-state index contributed by atoms with van der Waals surface area (Å²) in [4.78, 5) is 24.4. The van der Waals surface area contributed by atoms with Crippen LogP contribution in [0.1, 0.15) is 26.7 Å². The van der Waals surface area contributed by atoms with Gasteiger partial charge in [-0.2, -0.15) is 0 Å². The Morgan fingerprint density at radius 3 is 2.38 bits per heavy atom. The molecule has 1 aliphatic heterocycles. The van der Waals surface area contributed by atoms with Crippen LogP contribution in [0.3, 0.4) is 0 Å². The molecule has 2 rings (SSSR count). The molecule has 2 amide bonds. The monoisotopic (exact) mass is 290 g/mol. The molecular weight excluding hydrogens is 266 g/mol. The average molecular weight is 290 g/mol. The fourth-order valence-corrected chi connectivity index (χ4v) is 2.83. The van der Waals surface area contributed by atoms with Crippen molar-refractivity contribution in [1.82, 2.24) is 0 Å². The van der Waals surface area contributed by atoms with Gasteiger partial charge >= 0.3 is 0 Å². The van der Waals surface area contributed by atoms with Crippen LogP contribution in [0.2, 0.25) is 0 Å². The van der Waals surface area contributed by atoms with Crippen LogP contribution in [0.4, 0.5) is 11.4 Å². The van der Waals surface area contributed by atoms with E-state index >= 15 is 0 Å². The number of hydrogen-bond acceptors (Lipinski definition) is 2. The number of carbonyl (C=O) groups is 2. The number of amides is 2. The van der Waals surface area contributed by atoms with E-state index in [1.807, 2.05) is 0 Å². The third kappa shape index (κ3) is 5.19. The molecule has 0 radical (unpaired) electrons. The summed E-state index contributed by atoms with van der Waals surface area (Å²) in [6.07, 6.45) is 2.48. The molecule has 1 heterocycles. The van der Waals surface area contributed by atoms with Gasteiger partial charge in [0.1, 0.15) is 0 Å². The standard InChI is InChI=1S/C16H23N3O2/c1-12-4-3-9-19(10-12)11-16(21)18-15-7-5-14(6-8-15)17-13(2)20/h5-8,12H,3-4,9-11H2,1-2H3,(H,17,20)(H,18,21)/p+1/t12-/m0/s1. The molecule has 0 aromatic heterocycles. The van der Waals surface area contributed by atoms with E-state index in [-0.39, 0.29) is 11.8 Å². The number of nitrogens with one attached hydrogen (secondary N) is 3. The van der Waals surface area contributed by atoms with Crippen molar-refractivity contribution in [1.29, 1.82) is 0 Å². The minimum atomic E-state index is -0.102. The minimum absolute atomic E-state index is 0.0476. The predicted molar refractivity (Wildman–Crippen MR) is 83.3 cm³/mol. The maximum Gasteiger partial charge on any atom is 0.279 e. The van der Waals surface area contributed by atoms with Gasteiger partial charge in [-0.3, -0.25) is 9.59 Å². The topological polar surface area (TPSA) is 62.6 Å². The maximum atomic E-state index is 12.0. The molecular formula is C16H24N3O2+. The first-order valence-electron chi connectivity index (χ1n) is 7.54. The summed E-state index contributed by atoms with van der Waals surface area (Å²) < 4.78 is 0. The van der Waals surface area contributed by atoms with Crippen molar-refractivity contribution in [3.63, 3.8) is 0 Å². The zero-order valence-corrected chi connectivity index (χ0v) is 12.7. The van der Waals surface area contributed by atoms with Crippen LogP contribution in [0, 0.1) is 5.92 Å². The first-order chi connectivity index (χ1) is 10.0. The van der Waals surface area contributed by atoms with Crippen LogP contribution in [0.25, 0.3) is 0 Å². The SMILES string of the molecule is CC(=O)Nc1ccc(NC(=O)C[NH+]2CCC[C@H](C)C2)cc1. The Morgan fingerprint density at radius 1 is 1.19 bits per heavy atom. The van der Waals surface area contributed by atoms with Gasteiger partial charge in [0.2, 0.25) is 5.91 Å². The fourth-order valence-electron chi connectivity index (χ4n) is 2.83. The Balaban J connectivity index is 1.83. The molecule has 1 saturated heterocycles. The number of quaternary nitrogens is 1. The lowest BCUT2D eigenvalue weighted by molar-refractivity contribution is -0.900. The Hall–Kier alpha value is -1.88. The van der Waals surface area contributed by atoms with Gasteiger partial charge in [0, 0.05) is 24.2 Å². The Kier molecular flexibility index (Phi) is 5.33. The molecule has 21 heavy (non-hydrogen) atoms. The second-order valence-corrected chi connectivity index (χ2v) is 5.94. The number of benzene rings is 1. The average Bonchev–Trinajstić information content (AvgIpc) is 2.40. The molecule has 0 bridgehead atoms. The first kappa shape index (κ1) is 15.5. The molecule has 5 heteroatoms. The molecule has 114 valence electrons. The molecule has 1 aliphatic rings. The van der Waals surface area contributed by atoms with Gasteiger partial charge in [-0.1, -0.05) is 6.92 Å². The van der Waals surface area contributed by atoms with E-state index in [4.69, 9.17) is 0 Å². The second-order valence-electron chi connectivity index (χ2n) is 5.94. The predicted octanol–water partition coefficient (Wildman–Crippen LogP) is 0.898. The lowest BCUT2D eigenvalue weighted by Gasteiger charge is -2.27. The summed E-state index contributed by atoms with van der Waals surface area (Å²) in [7, 11) is 0. The van der Waals surface area contributed by atoms with Gasteiger partial charge in [0.15, 0.2) is 6.54 Å². The van der Waals surface area contributed by atoms with Crippen LogP contribution >= 0.6 is 0 Å². The largest absolute Gasteiger partial charge is 0.327 e. The molecule has 0 spiro atoms. The molecule has 2 atom stereocenters. The van der Waals surface area contributed by atoms with E-state index < -0.39 is 0 Å². The van der Waals surface area contributed by atoms with E-state index in [1.165, 1.54) is 24.7 Å². The summed E-state index contributed by atoms with van der Waals surface area (Å²) in [5, 5.41) is 5.61. The van der Waals surface area contributed by atoms with E-state index in [1.54, 1.807) is 24.3 Å². The number of piperidine rings is 1. The zero-order chi connectivity index (χ0) is 15.2. The van der Waals surface area contributed by atoms with E-state index in [0.717, 1.165) is 24.5 Å². The molecule has 3 N–H and O–H groups in total. The molecule has 0 aliphatic carbocycles. The second kappa shape index (κ2) is 7.22. The highest BCUT2D eigenvalue weighted by molar-refractivity contribution is 5.92. The van der Waals surface area contributed by atoms with Crippen LogP contribution in [0.15, 0.2) is 24.3 Å². The van der Waals surface area contributed by atoms with Gasteiger partial charge in [-0.05, 0) is 37.1 Å². The third-order valence-electron chi connectivity index (χ3n) is 3.76. The van der Waals surface area contributed by atoms with Crippen LogP contribution in [-0.4, -0.2) is 31.4 Å². The van der Waals surface area contributed by atoms with E-state index in [9.17, 15) is 9.59 Å². The number of likely N-dealkylation sites (tertiary alicyclic amines) is 1. The molecule has 1 fully saturated rings. The lowest BCUT2D eigenvalue weighted by atomic mass is 10.0. The highest BCUT2D eigenvalue weighted by Gasteiger charge is 2.21. The lowest BCUT2D eigenvalue weighted by Crippen LogP contribution is -3.14. The van der Waals surface area contributed by atoms with E-state index in [2.05, 4.69) is 17.6 Å². The number of carbonyl (C=O) groups excluding carboxylic acids is 2. The van der Waals surface area contributed by atoms with Crippen molar-refractivity contribution in [3.05, 3.63) is 24.3 Å². The van der Waals surface area contributed by atoms with Gasteiger partial charge in [0.25, 0.3) is 5.91 Å². The van der Waals surface area contributed by atoms with Crippen molar-refractivity contribution in [2.45, 2.75) is 26.7 Å². The summed E-state index contributed by atoms with van der Waals surface area (Å²) >= 11 is 0. The Bertz CT molecular complexity index is 499. The van der Waals surface area contributed by atoms with Crippen molar-refractivity contribution >= 4 is 23.2 Å². The quantitative estimate of drug-likeness (QED) is 0.771. The van der Waals surface area contributed by atoms with Gasteiger partial charge in [-0.15, -0.1) is 0 Å². The third-order valence-corrected chi connectivity index (χ3v) is 3.76. The van der Waals surface area contributed by atoms with Crippen LogP contribution in [0.5, 0.6) is 0 Å². The highest BCUT2D eigenvalue weighted by atomic mass is 16.2. The Labute approximate surface area is 125 Å². The molecule has 1 unspecified atom stereocenters. The van der Waals surface area contributed by atoms with Gasteiger partial charge in [-0.25, -0.2) is 0 Å². The maximum absolute atomic E-state index is 12.0. The first-order valence-corrected chi connectivity index (χ1v) is 7.54. The number of rotatable bonds is 4. The van der Waals surface area contributed by atoms with Crippen LogP contribution in [-0.2, 0) is 9.59 Å². The number of hydrogen-bond donors (Lipinski definition) is 3. The molecule has 1 aromatic carbocycles. The Morgan fingerprint density at radius 2 is 1.81 bits per heavy atom. The van der Waals surface area contributed by atoms with Crippen molar-refractivity contribution in [2.75, 3.05) is 30.3 Å². The molecule has 0 saturated carbocycles. The van der Waals surface area contributed by atoms with E-state index in [0.29, 0.717) is 12.5 Å². The van der Waals surface area contributed by atoms with Crippen molar-refractivity contribution in [3.8, 4) is 0 Å². The van der Waals surface area contributed by atoms with Crippen LogP contribution < -0.4 is 15.5 Å². The van der Waals surface area contributed by atoms with Gasteiger partial charge < -0.3 is 15.5 Å². The summed E-state index contributed by atoms with van der Waals surface area (Å²) in [5.41, 5.74) is 1.49. The molecule has 1 aromatic rings. The van der Waals surface area contributed by atoms with Crippen molar-refractivity contribution in [2.24, 2.45) is 5.92 Å². The van der Waals surface area contributed by atoms with Gasteiger partial charge in [0.05, 0.1) is 13.1 Å². The summed E-state index contributed by atoms with van der Waals surface area (Å²) in [6.45, 7) is 6.40. The summed E-state index contributed by atoms with van der Waals surface area (Å²) in [5.74, 6) is 0.652.